The predicted molar refractivity (Wildman–Crippen MR) is 69.4 cm³/mol. The molecule has 1 aromatic rings. The molecule has 1 atom stereocenters. The Morgan fingerprint density at radius 1 is 1.44 bits per heavy atom. The van der Waals surface area contributed by atoms with E-state index in [0.717, 1.165) is 25.0 Å². The zero-order valence-corrected chi connectivity index (χ0v) is 10.9. The summed E-state index contributed by atoms with van der Waals surface area (Å²) in [7, 11) is 0. The van der Waals surface area contributed by atoms with Gasteiger partial charge < -0.3 is 9.47 Å². The van der Waals surface area contributed by atoms with E-state index < -0.39 is 0 Å². The normalized spacial score (nSPS) is 19.4. The van der Waals surface area contributed by atoms with Crippen molar-refractivity contribution in [2.24, 2.45) is 0 Å². The highest BCUT2D eigenvalue weighted by Gasteiger charge is 2.13. The van der Waals surface area contributed by atoms with Crippen LogP contribution in [0.1, 0.15) is 30.4 Å². The molecule has 0 amide bonds. The Hall–Kier alpha value is -1.08. The fourth-order valence-corrected chi connectivity index (χ4v) is 2.21. The molecule has 3 nitrogen and oxygen atoms in total. The van der Waals surface area contributed by atoms with Gasteiger partial charge in [0.1, 0.15) is 0 Å². The van der Waals surface area contributed by atoms with Crippen LogP contribution in [0.3, 0.4) is 0 Å². The third-order valence-electron chi connectivity index (χ3n) is 3.02. The lowest BCUT2D eigenvalue weighted by Gasteiger charge is -2.22. The Kier molecular flexibility index (Phi) is 5.00. The van der Waals surface area contributed by atoms with Crippen LogP contribution in [-0.4, -0.2) is 19.3 Å². The van der Waals surface area contributed by atoms with Crippen LogP contribution < -0.4 is 0 Å². The number of hydrogen-bond donors (Lipinski definition) is 0. The van der Waals surface area contributed by atoms with Crippen molar-refractivity contribution < 1.29 is 9.47 Å². The molecule has 0 bridgehead atoms. The molecule has 1 aromatic carbocycles. The Morgan fingerprint density at radius 3 is 3.00 bits per heavy atom. The van der Waals surface area contributed by atoms with Crippen LogP contribution in [0.25, 0.3) is 0 Å². The molecule has 0 N–H and O–H groups in total. The van der Waals surface area contributed by atoms with Gasteiger partial charge >= 0.3 is 0 Å². The van der Waals surface area contributed by atoms with Gasteiger partial charge in [0.2, 0.25) is 0 Å². The van der Waals surface area contributed by atoms with Gasteiger partial charge in [-0.15, -0.1) is 0 Å². The van der Waals surface area contributed by atoms with Crippen molar-refractivity contribution in [2.45, 2.75) is 32.0 Å². The molecule has 1 saturated heterocycles. The number of nitrogens with zero attached hydrogens (tertiary/aromatic N) is 1. The van der Waals surface area contributed by atoms with Crippen LogP contribution >= 0.6 is 11.6 Å². The molecule has 0 spiro atoms. The van der Waals surface area contributed by atoms with E-state index >= 15 is 0 Å². The van der Waals surface area contributed by atoms with Crippen molar-refractivity contribution in [1.82, 2.24) is 0 Å². The highest BCUT2D eigenvalue weighted by molar-refractivity contribution is 6.31. The summed E-state index contributed by atoms with van der Waals surface area (Å²) in [5, 5.41) is 9.32. The van der Waals surface area contributed by atoms with Gasteiger partial charge in [0.05, 0.1) is 31.0 Å². The molecule has 18 heavy (non-hydrogen) atoms. The highest BCUT2D eigenvalue weighted by atomic mass is 35.5. The van der Waals surface area contributed by atoms with Crippen molar-refractivity contribution in [3.63, 3.8) is 0 Å². The summed E-state index contributed by atoms with van der Waals surface area (Å²) in [5.41, 5.74) is 1.48. The number of ether oxygens (including phenoxy) is 2. The minimum atomic E-state index is 0.218. The Labute approximate surface area is 112 Å². The number of nitriles is 1. The third kappa shape index (κ3) is 3.71. The first-order valence-electron chi connectivity index (χ1n) is 6.17. The summed E-state index contributed by atoms with van der Waals surface area (Å²) in [4.78, 5) is 0. The molecule has 1 aliphatic heterocycles. The molecule has 0 saturated carbocycles. The molecule has 0 aliphatic carbocycles. The Bertz CT molecular complexity index is 436. The van der Waals surface area contributed by atoms with Crippen molar-refractivity contribution in [2.75, 3.05) is 13.2 Å². The lowest BCUT2D eigenvalue weighted by Crippen LogP contribution is -2.24. The van der Waals surface area contributed by atoms with Crippen LogP contribution in [-0.2, 0) is 16.1 Å². The number of benzene rings is 1. The van der Waals surface area contributed by atoms with Gasteiger partial charge in [-0.2, -0.15) is 5.26 Å². The van der Waals surface area contributed by atoms with Crippen molar-refractivity contribution >= 4 is 11.6 Å². The molecule has 0 radical (unpaired) electrons. The summed E-state index contributed by atoms with van der Waals surface area (Å²) < 4.78 is 11.2. The molecule has 1 fully saturated rings. The maximum atomic E-state index is 8.74. The first-order chi connectivity index (χ1) is 8.79. The van der Waals surface area contributed by atoms with Crippen LogP contribution in [0.2, 0.25) is 5.02 Å². The number of halogens is 1. The summed E-state index contributed by atoms with van der Waals surface area (Å²) in [6.07, 6.45) is 3.65. The van der Waals surface area contributed by atoms with Gasteiger partial charge in [-0.05, 0) is 37.0 Å². The minimum absolute atomic E-state index is 0.218. The molecule has 0 aromatic heterocycles. The molecule has 2 rings (SSSR count). The SMILES string of the molecule is N#Cc1ccc(COCC2CCCCO2)c(Cl)c1. The van der Waals surface area contributed by atoms with E-state index in [9.17, 15) is 0 Å². The van der Waals surface area contributed by atoms with E-state index in [-0.39, 0.29) is 6.10 Å². The summed E-state index contributed by atoms with van der Waals surface area (Å²) in [6, 6.07) is 7.31. The molecule has 4 heteroatoms. The average Bonchev–Trinajstić information content (AvgIpc) is 2.42. The fraction of sp³-hybridized carbons (Fsp3) is 0.500. The number of hydrogen-bond acceptors (Lipinski definition) is 3. The van der Waals surface area contributed by atoms with Gasteiger partial charge in [0, 0.05) is 11.6 Å². The Balaban J connectivity index is 1.81. The van der Waals surface area contributed by atoms with Crippen LogP contribution in [0, 0.1) is 11.3 Å². The average molecular weight is 266 g/mol. The fourth-order valence-electron chi connectivity index (χ4n) is 1.97. The van der Waals surface area contributed by atoms with Gasteiger partial charge in [-0.3, -0.25) is 0 Å². The zero-order valence-electron chi connectivity index (χ0n) is 10.2. The molecule has 1 aliphatic rings. The summed E-state index contributed by atoms with van der Waals surface area (Å²) >= 11 is 6.07. The van der Waals surface area contributed by atoms with E-state index in [2.05, 4.69) is 6.07 Å². The van der Waals surface area contributed by atoms with Crippen LogP contribution in [0.5, 0.6) is 0 Å². The first-order valence-corrected chi connectivity index (χ1v) is 6.55. The highest BCUT2D eigenvalue weighted by Crippen LogP contribution is 2.19. The van der Waals surface area contributed by atoms with Gasteiger partial charge in [0.15, 0.2) is 0 Å². The van der Waals surface area contributed by atoms with Crippen molar-refractivity contribution in [3.8, 4) is 6.07 Å². The van der Waals surface area contributed by atoms with Gasteiger partial charge in [0.25, 0.3) is 0 Å². The van der Waals surface area contributed by atoms with E-state index in [1.807, 2.05) is 6.07 Å². The van der Waals surface area contributed by atoms with E-state index in [0.29, 0.717) is 23.8 Å². The quantitative estimate of drug-likeness (QED) is 0.839. The predicted octanol–water partition coefficient (Wildman–Crippen LogP) is 3.30. The zero-order chi connectivity index (χ0) is 12.8. The van der Waals surface area contributed by atoms with Crippen LogP contribution in [0.15, 0.2) is 18.2 Å². The molecule has 1 heterocycles. The maximum absolute atomic E-state index is 8.74. The third-order valence-corrected chi connectivity index (χ3v) is 3.37. The lowest BCUT2D eigenvalue weighted by atomic mass is 10.1. The van der Waals surface area contributed by atoms with E-state index in [4.69, 9.17) is 26.3 Å². The van der Waals surface area contributed by atoms with E-state index in [1.165, 1.54) is 6.42 Å². The molecule has 1 unspecified atom stereocenters. The van der Waals surface area contributed by atoms with Gasteiger partial charge in [-0.25, -0.2) is 0 Å². The van der Waals surface area contributed by atoms with Crippen molar-refractivity contribution in [3.05, 3.63) is 34.3 Å². The number of rotatable bonds is 4. The van der Waals surface area contributed by atoms with Crippen molar-refractivity contribution in [1.29, 1.82) is 5.26 Å². The second-order valence-electron chi connectivity index (χ2n) is 4.42. The van der Waals surface area contributed by atoms with Gasteiger partial charge in [-0.1, -0.05) is 17.7 Å². The maximum Gasteiger partial charge on any atom is 0.0992 e. The monoisotopic (exact) mass is 265 g/mol. The first kappa shape index (κ1) is 13.4. The summed E-state index contributed by atoms with van der Waals surface area (Å²) in [5.74, 6) is 0. The molecular formula is C14H16ClNO2. The second kappa shape index (κ2) is 6.75. The smallest absolute Gasteiger partial charge is 0.0992 e. The van der Waals surface area contributed by atoms with Crippen LogP contribution in [0.4, 0.5) is 0 Å². The largest absolute Gasteiger partial charge is 0.376 e. The molecule has 96 valence electrons. The topological polar surface area (TPSA) is 42.2 Å². The molecular weight excluding hydrogens is 250 g/mol. The van der Waals surface area contributed by atoms with E-state index in [1.54, 1.807) is 12.1 Å². The standard InChI is InChI=1S/C14H16ClNO2/c15-14-7-11(8-16)4-5-12(14)9-17-10-13-3-1-2-6-18-13/h4-5,7,13H,1-3,6,9-10H2. The lowest BCUT2D eigenvalue weighted by molar-refractivity contribution is -0.0447. The Morgan fingerprint density at radius 2 is 2.33 bits per heavy atom. The second-order valence-corrected chi connectivity index (χ2v) is 4.83. The minimum Gasteiger partial charge on any atom is -0.376 e. The summed E-state index contributed by atoms with van der Waals surface area (Å²) in [6.45, 7) is 1.91.